The second kappa shape index (κ2) is 5.73. The van der Waals surface area contributed by atoms with E-state index in [0.29, 0.717) is 0 Å². The van der Waals surface area contributed by atoms with Gasteiger partial charge in [0.15, 0.2) is 11.4 Å². The Morgan fingerprint density at radius 3 is 2.50 bits per heavy atom. The number of rotatable bonds is 3. The number of phenols is 1. The number of nitrogens with zero attached hydrogens (tertiary/aromatic N) is 2. The fourth-order valence-corrected chi connectivity index (χ4v) is 2.16. The first-order valence-corrected chi connectivity index (χ1v) is 6.53. The normalized spacial score (nSPS) is 11.5. The molecule has 0 atom stereocenters. The lowest BCUT2D eigenvalue weighted by atomic mass is 10.2. The number of aromatic hydroxyl groups is 1. The summed E-state index contributed by atoms with van der Waals surface area (Å²) >= 11 is 11.6. The van der Waals surface area contributed by atoms with Crippen molar-refractivity contribution in [1.29, 1.82) is 0 Å². The van der Waals surface area contributed by atoms with Crippen molar-refractivity contribution in [2.24, 2.45) is 7.05 Å². The van der Waals surface area contributed by atoms with E-state index in [0.717, 1.165) is 16.8 Å². The van der Waals surface area contributed by atoms with Crippen LogP contribution in [0, 0.1) is 0 Å². The van der Waals surface area contributed by atoms with E-state index in [1.165, 1.54) is 13.1 Å². The van der Waals surface area contributed by atoms with Crippen LogP contribution in [0.5, 0.6) is 17.4 Å². The van der Waals surface area contributed by atoms with Crippen molar-refractivity contribution in [3.05, 3.63) is 40.0 Å². The molecule has 2 rings (SSSR count). The highest BCUT2D eigenvalue weighted by Gasteiger charge is 2.38. The number of aromatic nitrogens is 2. The second-order valence-corrected chi connectivity index (χ2v) is 5.04. The van der Waals surface area contributed by atoms with Crippen LogP contribution in [-0.4, -0.2) is 14.9 Å². The molecule has 1 aromatic carbocycles. The van der Waals surface area contributed by atoms with Crippen LogP contribution in [0.4, 0.5) is 13.2 Å². The van der Waals surface area contributed by atoms with Crippen LogP contribution < -0.4 is 4.74 Å². The molecule has 0 unspecified atom stereocenters. The van der Waals surface area contributed by atoms with Crippen molar-refractivity contribution in [3.63, 3.8) is 0 Å². The summed E-state index contributed by atoms with van der Waals surface area (Å²) in [7, 11) is 1.28. The van der Waals surface area contributed by atoms with Gasteiger partial charge < -0.3 is 9.84 Å². The first-order chi connectivity index (χ1) is 10.1. The summed E-state index contributed by atoms with van der Waals surface area (Å²) in [5, 5.41) is 12.9. The zero-order valence-electron chi connectivity index (χ0n) is 11.1. The van der Waals surface area contributed by atoms with Gasteiger partial charge in [-0.05, 0) is 6.07 Å². The molecule has 0 aliphatic carbocycles. The third kappa shape index (κ3) is 3.00. The Hall–Kier alpha value is -1.86. The lowest BCUT2D eigenvalue weighted by molar-refractivity contribution is -0.141. The molecule has 0 aliphatic rings. The van der Waals surface area contributed by atoms with Gasteiger partial charge in [0.05, 0.1) is 15.6 Å². The van der Waals surface area contributed by atoms with Gasteiger partial charge in [0, 0.05) is 13.1 Å². The molecule has 0 radical (unpaired) electrons. The van der Waals surface area contributed by atoms with Gasteiger partial charge in [0.1, 0.15) is 5.75 Å². The van der Waals surface area contributed by atoms with E-state index in [9.17, 15) is 18.3 Å². The Morgan fingerprint density at radius 1 is 1.32 bits per heavy atom. The predicted octanol–water partition coefficient (Wildman–Crippen LogP) is 4.89. The van der Waals surface area contributed by atoms with Crippen molar-refractivity contribution in [3.8, 4) is 17.4 Å². The lowest BCUT2D eigenvalue weighted by Gasteiger charge is -2.10. The van der Waals surface area contributed by atoms with E-state index in [1.807, 2.05) is 0 Å². The third-order valence-corrected chi connectivity index (χ3v) is 3.31. The van der Waals surface area contributed by atoms with Gasteiger partial charge in [0.25, 0.3) is 0 Å². The molecule has 0 amide bonds. The number of aryl methyl sites for hydroxylation is 1. The molecule has 9 heteroatoms. The van der Waals surface area contributed by atoms with E-state index in [1.54, 1.807) is 0 Å². The zero-order valence-corrected chi connectivity index (χ0v) is 12.6. The standard InChI is InChI=1S/C13H9Cl2F3N2O2/c1-3-6-11(13(16,17)18)19-20(2)12(6)22-10-5-9(21)7(14)4-8(10)15/h3-5,21H,1H2,2H3. The highest BCUT2D eigenvalue weighted by molar-refractivity contribution is 6.36. The minimum atomic E-state index is -4.66. The first-order valence-electron chi connectivity index (χ1n) is 5.77. The van der Waals surface area contributed by atoms with Crippen molar-refractivity contribution >= 4 is 29.3 Å². The molecule has 0 fully saturated rings. The molecule has 0 bridgehead atoms. The van der Waals surface area contributed by atoms with Gasteiger partial charge in [-0.2, -0.15) is 18.3 Å². The lowest BCUT2D eigenvalue weighted by Crippen LogP contribution is -2.08. The first kappa shape index (κ1) is 16.5. The van der Waals surface area contributed by atoms with Crippen LogP contribution in [0.3, 0.4) is 0 Å². The summed E-state index contributed by atoms with van der Waals surface area (Å²) < 4.78 is 45.0. The zero-order chi connectivity index (χ0) is 16.7. The number of benzene rings is 1. The van der Waals surface area contributed by atoms with E-state index in [2.05, 4.69) is 11.7 Å². The quantitative estimate of drug-likeness (QED) is 0.855. The molecular formula is C13H9Cl2F3N2O2. The average Bonchev–Trinajstić information content (AvgIpc) is 2.72. The molecule has 22 heavy (non-hydrogen) atoms. The highest BCUT2D eigenvalue weighted by atomic mass is 35.5. The number of alkyl halides is 3. The topological polar surface area (TPSA) is 47.3 Å². The molecule has 0 aliphatic heterocycles. The maximum atomic E-state index is 12.9. The molecule has 2 aromatic rings. The summed E-state index contributed by atoms with van der Waals surface area (Å²) in [6.07, 6.45) is -3.68. The Labute approximate surface area is 133 Å². The van der Waals surface area contributed by atoms with Crippen molar-refractivity contribution in [1.82, 2.24) is 9.78 Å². The fourth-order valence-electron chi connectivity index (χ4n) is 1.74. The molecule has 4 nitrogen and oxygen atoms in total. The molecule has 0 saturated heterocycles. The number of halogens is 5. The van der Waals surface area contributed by atoms with Crippen molar-refractivity contribution in [2.75, 3.05) is 0 Å². The van der Waals surface area contributed by atoms with Crippen LogP contribution >= 0.6 is 23.2 Å². The van der Waals surface area contributed by atoms with E-state index >= 15 is 0 Å². The largest absolute Gasteiger partial charge is 0.506 e. The number of ether oxygens (including phenoxy) is 1. The van der Waals surface area contributed by atoms with Crippen LogP contribution in [0.25, 0.3) is 6.08 Å². The van der Waals surface area contributed by atoms with Crippen LogP contribution in [0.1, 0.15) is 11.3 Å². The van der Waals surface area contributed by atoms with Crippen molar-refractivity contribution < 1.29 is 23.0 Å². The molecular weight excluding hydrogens is 344 g/mol. The van der Waals surface area contributed by atoms with Crippen molar-refractivity contribution in [2.45, 2.75) is 6.18 Å². The van der Waals surface area contributed by atoms with E-state index in [-0.39, 0.29) is 33.0 Å². The number of hydrogen-bond donors (Lipinski definition) is 1. The molecule has 0 spiro atoms. The number of hydrogen-bond acceptors (Lipinski definition) is 3. The average molecular weight is 353 g/mol. The Kier molecular flexibility index (Phi) is 4.30. The summed E-state index contributed by atoms with van der Waals surface area (Å²) in [5.41, 5.74) is -1.46. The summed E-state index contributed by atoms with van der Waals surface area (Å²) in [6.45, 7) is 3.34. The Balaban J connectivity index is 2.53. The summed E-state index contributed by atoms with van der Waals surface area (Å²) in [6, 6.07) is 2.31. The Morgan fingerprint density at radius 2 is 1.95 bits per heavy atom. The van der Waals surface area contributed by atoms with Crippen LogP contribution in [0.2, 0.25) is 10.0 Å². The minimum absolute atomic E-state index is 0.0118. The van der Waals surface area contributed by atoms with Gasteiger partial charge >= 0.3 is 6.18 Å². The van der Waals surface area contributed by atoms with Gasteiger partial charge in [-0.3, -0.25) is 0 Å². The van der Waals surface area contributed by atoms with E-state index < -0.39 is 11.9 Å². The van der Waals surface area contributed by atoms with Crippen LogP contribution in [-0.2, 0) is 13.2 Å². The molecule has 1 heterocycles. The minimum Gasteiger partial charge on any atom is -0.506 e. The monoisotopic (exact) mass is 352 g/mol. The highest BCUT2D eigenvalue weighted by Crippen LogP contribution is 2.41. The van der Waals surface area contributed by atoms with Gasteiger partial charge in [0.2, 0.25) is 5.88 Å². The molecule has 118 valence electrons. The van der Waals surface area contributed by atoms with E-state index in [4.69, 9.17) is 27.9 Å². The third-order valence-electron chi connectivity index (χ3n) is 2.71. The summed E-state index contributed by atoms with van der Waals surface area (Å²) in [5.74, 6) is -0.603. The second-order valence-electron chi connectivity index (χ2n) is 4.23. The molecule has 1 aromatic heterocycles. The summed E-state index contributed by atoms with van der Waals surface area (Å²) in [4.78, 5) is 0. The molecule has 0 saturated carbocycles. The van der Waals surface area contributed by atoms with Gasteiger partial charge in [-0.25, -0.2) is 4.68 Å². The Bertz CT molecular complexity index is 742. The molecule has 1 N–H and O–H groups in total. The predicted molar refractivity (Wildman–Crippen MR) is 76.5 cm³/mol. The maximum absolute atomic E-state index is 12.9. The van der Waals surface area contributed by atoms with Gasteiger partial charge in [-0.15, -0.1) is 0 Å². The number of phenolic OH excluding ortho intramolecular Hbond substituents is 1. The SMILES string of the molecule is C=Cc1c(C(F)(F)F)nn(C)c1Oc1cc(O)c(Cl)cc1Cl. The maximum Gasteiger partial charge on any atom is 0.435 e. The van der Waals surface area contributed by atoms with Gasteiger partial charge in [-0.1, -0.05) is 35.9 Å². The smallest absolute Gasteiger partial charge is 0.435 e. The van der Waals surface area contributed by atoms with Crippen LogP contribution in [0.15, 0.2) is 18.7 Å². The fraction of sp³-hybridized carbons (Fsp3) is 0.154.